The van der Waals surface area contributed by atoms with Crippen LogP contribution in [0.5, 0.6) is 5.75 Å². The van der Waals surface area contributed by atoms with E-state index in [1.807, 2.05) is 30.3 Å². The molecule has 2 rings (SSSR count). The normalized spacial score (nSPS) is 12.8. The largest absolute Gasteiger partial charge is 0.435 e. The number of carbonyl (C=O) groups excluding carboxylic acids is 1. The highest BCUT2D eigenvalue weighted by molar-refractivity contribution is 5.85. The smallest absolute Gasteiger partial charge is 0.387 e. The number of ether oxygens (including phenoxy) is 1. The number of benzene rings is 2. The molecule has 0 saturated heterocycles. The molecule has 0 radical (unpaired) electrons. The number of rotatable bonds is 7. The van der Waals surface area contributed by atoms with Crippen molar-refractivity contribution in [2.45, 2.75) is 25.5 Å². The number of hydrogen-bond donors (Lipinski definition) is 2. The minimum Gasteiger partial charge on any atom is -0.435 e. The highest BCUT2D eigenvalue weighted by Gasteiger charge is 2.21. The predicted octanol–water partition coefficient (Wildman–Crippen LogP) is 3.63. The summed E-state index contributed by atoms with van der Waals surface area (Å²) >= 11 is 0. The molecule has 0 saturated carbocycles. The molecule has 3 N–H and O–H groups in total. The molecule has 2 aromatic rings. The summed E-state index contributed by atoms with van der Waals surface area (Å²) < 4.78 is 29.0. The van der Waals surface area contributed by atoms with Crippen LogP contribution in [0.25, 0.3) is 0 Å². The summed E-state index contributed by atoms with van der Waals surface area (Å²) in [5, 5.41) is 2.86. The van der Waals surface area contributed by atoms with Gasteiger partial charge in [0.25, 0.3) is 0 Å². The number of carbonyl (C=O) groups is 1. The van der Waals surface area contributed by atoms with E-state index >= 15 is 0 Å². The fourth-order valence-corrected chi connectivity index (χ4v) is 2.44. The van der Waals surface area contributed by atoms with E-state index in [2.05, 4.69) is 10.1 Å². The fraction of sp³-hybridized carbons (Fsp3) is 0.278. The Labute approximate surface area is 151 Å². The summed E-state index contributed by atoms with van der Waals surface area (Å²) in [5.41, 5.74) is 7.24. The lowest BCUT2D eigenvalue weighted by molar-refractivity contribution is -0.123. The molecule has 4 nitrogen and oxygen atoms in total. The lowest BCUT2D eigenvalue weighted by Crippen LogP contribution is -2.35. The molecule has 0 heterocycles. The molecule has 2 atom stereocenters. The van der Waals surface area contributed by atoms with Gasteiger partial charge >= 0.3 is 6.61 Å². The van der Waals surface area contributed by atoms with E-state index in [-0.39, 0.29) is 36.7 Å². The standard InChI is InChI=1S/C18H20F2N2O2.ClH/c1-12(14-8-5-9-15(10-14)24-18(19)20)22-17(23)16(11-21)13-6-3-2-4-7-13;/h2-10,12,16,18H,11,21H2,1H3,(H,22,23);1H. The van der Waals surface area contributed by atoms with Gasteiger partial charge in [0.1, 0.15) is 5.75 Å². The van der Waals surface area contributed by atoms with Crippen molar-refractivity contribution in [2.24, 2.45) is 5.73 Å². The molecule has 0 fully saturated rings. The van der Waals surface area contributed by atoms with E-state index in [1.54, 1.807) is 19.1 Å². The number of alkyl halides is 2. The van der Waals surface area contributed by atoms with Gasteiger partial charge in [0.2, 0.25) is 5.91 Å². The molecule has 0 spiro atoms. The van der Waals surface area contributed by atoms with Gasteiger partial charge in [0.05, 0.1) is 12.0 Å². The molecule has 2 aromatic carbocycles. The Balaban J connectivity index is 0.00000312. The van der Waals surface area contributed by atoms with Gasteiger partial charge in [-0.05, 0) is 30.2 Å². The molecule has 25 heavy (non-hydrogen) atoms. The van der Waals surface area contributed by atoms with Crippen molar-refractivity contribution in [3.05, 3.63) is 65.7 Å². The first-order valence-corrected chi connectivity index (χ1v) is 7.61. The molecule has 1 amide bonds. The Hall–Kier alpha value is -2.18. The van der Waals surface area contributed by atoms with Crippen LogP contribution in [0.2, 0.25) is 0 Å². The summed E-state index contributed by atoms with van der Waals surface area (Å²) in [6.07, 6.45) is 0. The molecular weight excluding hydrogens is 350 g/mol. The van der Waals surface area contributed by atoms with Gasteiger partial charge in [0.15, 0.2) is 0 Å². The summed E-state index contributed by atoms with van der Waals surface area (Å²) in [5.74, 6) is -0.618. The maximum absolute atomic E-state index is 12.5. The first-order valence-electron chi connectivity index (χ1n) is 7.61. The van der Waals surface area contributed by atoms with E-state index in [4.69, 9.17) is 5.73 Å². The Bertz CT molecular complexity index is 671. The minimum absolute atomic E-state index is 0. The number of halogens is 3. The molecule has 2 unspecified atom stereocenters. The highest BCUT2D eigenvalue weighted by Crippen LogP contribution is 2.22. The predicted molar refractivity (Wildman–Crippen MR) is 95.1 cm³/mol. The number of nitrogens with one attached hydrogen (secondary N) is 1. The third-order valence-electron chi connectivity index (χ3n) is 3.70. The van der Waals surface area contributed by atoms with Crippen molar-refractivity contribution in [1.29, 1.82) is 0 Å². The molecular formula is C18H21ClF2N2O2. The Morgan fingerprint density at radius 2 is 1.76 bits per heavy atom. The van der Waals surface area contributed by atoms with E-state index in [0.717, 1.165) is 5.56 Å². The zero-order chi connectivity index (χ0) is 17.5. The highest BCUT2D eigenvalue weighted by atomic mass is 35.5. The van der Waals surface area contributed by atoms with Crippen molar-refractivity contribution < 1.29 is 18.3 Å². The van der Waals surface area contributed by atoms with Crippen LogP contribution in [0.1, 0.15) is 30.0 Å². The van der Waals surface area contributed by atoms with Crippen LogP contribution < -0.4 is 15.8 Å². The number of nitrogens with two attached hydrogens (primary N) is 1. The fourth-order valence-electron chi connectivity index (χ4n) is 2.44. The van der Waals surface area contributed by atoms with E-state index in [0.29, 0.717) is 5.56 Å². The molecule has 0 aliphatic heterocycles. The van der Waals surface area contributed by atoms with Crippen molar-refractivity contribution >= 4 is 18.3 Å². The second-order valence-corrected chi connectivity index (χ2v) is 5.38. The third kappa shape index (κ3) is 5.99. The summed E-state index contributed by atoms with van der Waals surface area (Å²) in [6, 6.07) is 15.2. The molecule has 7 heteroatoms. The number of amides is 1. The van der Waals surface area contributed by atoms with Crippen LogP contribution in [0.4, 0.5) is 8.78 Å². The Morgan fingerprint density at radius 3 is 2.36 bits per heavy atom. The minimum atomic E-state index is -2.88. The van der Waals surface area contributed by atoms with Crippen LogP contribution >= 0.6 is 12.4 Å². The Morgan fingerprint density at radius 1 is 1.12 bits per heavy atom. The van der Waals surface area contributed by atoms with Crippen LogP contribution in [-0.4, -0.2) is 19.1 Å². The lowest BCUT2D eigenvalue weighted by atomic mass is 9.97. The zero-order valence-electron chi connectivity index (χ0n) is 13.7. The summed E-state index contributed by atoms with van der Waals surface area (Å²) in [4.78, 5) is 12.5. The summed E-state index contributed by atoms with van der Waals surface area (Å²) in [6.45, 7) is -0.931. The quantitative estimate of drug-likeness (QED) is 0.782. The molecule has 0 bridgehead atoms. The zero-order valence-corrected chi connectivity index (χ0v) is 14.5. The topological polar surface area (TPSA) is 64.4 Å². The SMILES string of the molecule is CC(NC(=O)C(CN)c1ccccc1)c1cccc(OC(F)F)c1.Cl. The maximum Gasteiger partial charge on any atom is 0.387 e. The van der Waals surface area contributed by atoms with E-state index < -0.39 is 12.5 Å². The Kier molecular flexibility index (Phi) is 8.31. The average molecular weight is 371 g/mol. The van der Waals surface area contributed by atoms with Crippen molar-refractivity contribution in [3.63, 3.8) is 0 Å². The van der Waals surface area contributed by atoms with Crippen LogP contribution in [0.15, 0.2) is 54.6 Å². The van der Waals surface area contributed by atoms with Gasteiger partial charge in [-0.1, -0.05) is 42.5 Å². The van der Waals surface area contributed by atoms with E-state index in [9.17, 15) is 13.6 Å². The molecule has 0 aliphatic carbocycles. The molecule has 0 aromatic heterocycles. The first-order chi connectivity index (χ1) is 11.5. The van der Waals surface area contributed by atoms with E-state index in [1.165, 1.54) is 12.1 Å². The van der Waals surface area contributed by atoms with Gasteiger partial charge in [-0.15, -0.1) is 12.4 Å². The maximum atomic E-state index is 12.5. The summed E-state index contributed by atoms with van der Waals surface area (Å²) in [7, 11) is 0. The van der Waals surface area contributed by atoms with Crippen molar-refractivity contribution in [3.8, 4) is 5.75 Å². The first kappa shape index (κ1) is 20.9. The second kappa shape index (κ2) is 9.96. The second-order valence-electron chi connectivity index (χ2n) is 5.38. The average Bonchev–Trinajstić information content (AvgIpc) is 2.56. The molecule has 136 valence electrons. The molecule has 0 aliphatic rings. The van der Waals surface area contributed by atoms with Gasteiger partial charge in [0, 0.05) is 6.54 Å². The van der Waals surface area contributed by atoms with Gasteiger partial charge in [-0.2, -0.15) is 8.78 Å². The van der Waals surface area contributed by atoms with Crippen LogP contribution in [0.3, 0.4) is 0 Å². The van der Waals surface area contributed by atoms with Crippen molar-refractivity contribution in [2.75, 3.05) is 6.54 Å². The van der Waals surface area contributed by atoms with Gasteiger partial charge in [-0.25, -0.2) is 0 Å². The third-order valence-corrected chi connectivity index (χ3v) is 3.70. The van der Waals surface area contributed by atoms with Crippen LogP contribution in [-0.2, 0) is 4.79 Å². The van der Waals surface area contributed by atoms with Crippen molar-refractivity contribution in [1.82, 2.24) is 5.32 Å². The lowest BCUT2D eigenvalue weighted by Gasteiger charge is -2.20. The van der Waals surface area contributed by atoms with Crippen LogP contribution in [0, 0.1) is 0 Å². The van der Waals surface area contributed by atoms with Gasteiger partial charge in [-0.3, -0.25) is 4.79 Å². The van der Waals surface area contributed by atoms with Gasteiger partial charge < -0.3 is 15.8 Å². The monoisotopic (exact) mass is 370 g/mol. The number of hydrogen-bond acceptors (Lipinski definition) is 3.